The first-order chi connectivity index (χ1) is 25.5. The summed E-state index contributed by atoms with van der Waals surface area (Å²) in [5, 5.41) is 2.44. The summed E-state index contributed by atoms with van der Waals surface area (Å²) in [5.41, 5.74) is 13.6. The van der Waals surface area contributed by atoms with Gasteiger partial charge in [-0.25, -0.2) is 15.0 Å². The normalized spacial score (nSPS) is 13.0. The largest absolute Gasteiger partial charge is 0.309 e. The lowest BCUT2D eigenvalue weighted by atomic mass is 9.82. The van der Waals surface area contributed by atoms with Crippen LogP contribution >= 0.6 is 0 Å². The zero-order valence-corrected chi connectivity index (χ0v) is 29.0. The van der Waals surface area contributed by atoms with E-state index in [1.165, 1.54) is 33.0 Å². The van der Waals surface area contributed by atoms with E-state index in [0.717, 1.165) is 44.5 Å². The van der Waals surface area contributed by atoms with E-state index < -0.39 is 0 Å². The molecule has 4 heteroatoms. The molecule has 0 fully saturated rings. The molecule has 0 saturated heterocycles. The number of hydrogen-bond donors (Lipinski definition) is 0. The average molecular weight is 667 g/mol. The monoisotopic (exact) mass is 666 g/mol. The van der Waals surface area contributed by atoms with Gasteiger partial charge < -0.3 is 4.57 Å². The molecular formula is C48H34N4. The van der Waals surface area contributed by atoms with E-state index in [2.05, 4.69) is 170 Å². The fraction of sp³-hybridized carbons (Fsp3) is 0.0625. The Kier molecular flexibility index (Phi) is 6.80. The van der Waals surface area contributed by atoms with Crippen molar-refractivity contribution < 1.29 is 0 Å². The molecule has 0 aliphatic heterocycles. The fourth-order valence-corrected chi connectivity index (χ4v) is 8.09. The van der Waals surface area contributed by atoms with Gasteiger partial charge in [0.1, 0.15) is 0 Å². The number of benzene rings is 7. The van der Waals surface area contributed by atoms with Gasteiger partial charge in [-0.15, -0.1) is 0 Å². The Morgan fingerprint density at radius 1 is 0.385 bits per heavy atom. The van der Waals surface area contributed by atoms with Crippen LogP contribution < -0.4 is 0 Å². The van der Waals surface area contributed by atoms with E-state index in [9.17, 15) is 0 Å². The highest BCUT2D eigenvalue weighted by molar-refractivity contribution is 6.09. The molecule has 1 aliphatic carbocycles. The number of hydrogen-bond acceptors (Lipinski definition) is 3. The smallest absolute Gasteiger partial charge is 0.164 e. The maximum absolute atomic E-state index is 5.24. The molecule has 52 heavy (non-hydrogen) atoms. The number of para-hydroxylation sites is 2. The number of aromatic nitrogens is 4. The van der Waals surface area contributed by atoms with Crippen LogP contribution in [-0.4, -0.2) is 19.5 Å². The minimum absolute atomic E-state index is 0.134. The summed E-state index contributed by atoms with van der Waals surface area (Å²) in [6, 6.07) is 60.1. The van der Waals surface area contributed by atoms with Crippen molar-refractivity contribution in [2.75, 3.05) is 0 Å². The summed E-state index contributed by atoms with van der Waals surface area (Å²) in [6.07, 6.45) is 0. The standard InChI is InChI=1S/C48H34N4/c1-48(2)40-22-12-9-19-36(40)37-28-26-33(29-41(37)48)46-49-45(32-17-7-4-8-18-32)50-47(51-46)34-25-27-35(31-15-5-3-6-16-31)44(30-34)52-42-23-13-10-20-38(42)39-21-11-14-24-43(39)52/h3-30H,1-2H3. The van der Waals surface area contributed by atoms with E-state index in [1.807, 2.05) is 18.2 Å². The van der Waals surface area contributed by atoms with Crippen molar-refractivity contribution in [2.45, 2.75) is 19.3 Å². The second-order valence-corrected chi connectivity index (χ2v) is 14.1. The second kappa shape index (κ2) is 11.7. The van der Waals surface area contributed by atoms with E-state index in [0.29, 0.717) is 17.5 Å². The topological polar surface area (TPSA) is 43.6 Å². The van der Waals surface area contributed by atoms with Crippen LogP contribution in [0, 0.1) is 0 Å². The SMILES string of the molecule is CC1(C)c2ccccc2-c2ccc(-c3nc(-c4ccccc4)nc(-c4ccc(-c5ccccc5)c(-n5c6ccccc6c6ccccc65)c4)n3)cc21. The summed E-state index contributed by atoms with van der Waals surface area (Å²) in [5.74, 6) is 1.94. The highest BCUT2D eigenvalue weighted by atomic mass is 15.0. The molecule has 7 aromatic carbocycles. The molecule has 0 radical (unpaired) electrons. The van der Waals surface area contributed by atoms with Crippen LogP contribution in [0.3, 0.4) is 0 Å². The van der Waals surface area contributed by atoms with E-state index in [1.54, 1.807) is 0 Å². The number of rotatable bonds is 5. The predicted octanol–water partition coefficient (Wildman–Crippen LogP) is 11.9. The first kappa shape index (κ1) is 30.2. The average Bonchev–Trinajstić information content (AvgIpc) is 3.66. The van der Waals surface area contributed by atoms with Gasteiger partial charge in [0.15, 0.2) is 17.5 Å². The third-order valence-electron chi connectivity index (χ3n) is 10.7. The first-order valence-electron chi connectivity index (χ1n) is 17.8. The summed E-state index contributed by atoms with van der Waals surface area (Å²) < 4.78 is 2.39. The molecule has 10 rings (SSSR count). The summed E-state index contributed by atoms with van der Waals surface area (Å²) in [7, 11) is 0. The van der Waals surface area contributed by atoms with Crippen LogP contribution in [0.5, 0.6) is 0 Å². The van der Waals surface area contributed by atoms with Gasteiger partial charge in [0, 0.05) is 38.4 Å². The molecule has 0 amide bonds. The van der Waals surface area contributed by atoms with Crippen molar-refractivity contribution in [2.24, 2.45) is 0 Å². The molecule has 2 aromatic heterocycles. The third-order valence-corrected chi connectivity index (χ3v) is 10.7. The zero-order chi connectivity index (χ0) is 34.8. The molecule has 246 valence electrons. The molecule has 0 bridgehead atoms. The van der Waals surface area contributed by atoms with Gasteiger partial charge in [0.25, 0.3) is 0 Å². The van der Waals surface area contributed by atoms with Crippen LogP contribution in [0.1, 0.15) is 25.0 Å². The van der Waals surface area contributed by atoms with E-state index in [4.69, 9.17) is 15.0 Å². The highest BCUT2D eigenvalue weighted by Crippen LogP contribution is 2.49. The van der Waals surface area contributed by atoms with Gasteiger partial charge in [-0.3, -0.25) is 0 Å². The van der Waals surface area contributed by atoms with Crippen LogP contribution in [0.2, 0.25) is 0 Å². The Labute approximate surface area is 302 Å². The Balaban J connectivity index is 1.20. The minimum atomic E-state index is -0.134. The Hall–Kier alpha value is -6.65. The molecule has 4 nitrogen and oxygen atoms in total. The minimum Gasteiger partial charge on any atom is -0.309 e. The molecule has 0 spiro atoms. The van der Waals surface area contributed by atoms with Crippen molar-refractivity contribution in [1.82, 2.24) is 19.5 Å². The predicted molar refractivity (Wildman–Crippen MR) is 213 cm³/mol. The van der Waals surface area contributed by atoms with Crippen molar-refractivity contribution in [3.8, 4) is 62.1 Å². The Bertz CT molecular complexity index is 2760. The molecule has 2 heterocycles. The molecule has 0 saturated carbocycles. The molecule has 0 unspecified atom stereocenters. The van der Waals surface area contributed by atoms with Gasteiger partial charge in [0.05, 0.1) is 16.7 Å². The Morgan fingerprint density at radius 3 is 1.52 bits per heavy atom. The summed E-state index contributed by atoms with van der Waals surface area (Å²) in [6.45, 7) is 4.61. The maximum atomic E-state index is 5.24. The van der Waals surface area contributed by atoms with Crippen LogP contribution in [0.25, 0.3) is 83.9 Å². The summed E-state index contributed by atoms with van der Waals surface area (Å²) in [4.78, 5) is 15.5. The Morgan fingerprint density at radius 2 is 0.865 bits per heavy atom. The number of fused-ring (bicyclic) bond motifs is 6. The van der Waals surface area contributed by atoms with E-state index >= 15 is 0 Å². The molecular weight excluding hydrogens is 633 g/mol. The first-order valence-corrected chi connectivity index (χ1v) is 17.8. The molecule has 0 N–H and O–H groups in total. The zero-order valence-electron chi connectivity index (χ0n) is 29.0. The number of nitrogens with zero attached hydrogens (tertiary/aromatic N) is 4. The van der Waals surface area contributed by atoms with Gasteiger partial charge in [0.2, 0.25) is 0 Å². The van der Waals surface area contributed by atoms with Gasteiger partial charge in [-0.05, 0) is 52.1 Å². The van der Waals surface area contributed by atoms with Crippen LogP contribution in [0.15, 0.2) is 170 Å². The molecule has 1 aliphatic rings. The van der Waals surface area contributed by atoms with Crippen molar-refractivity contribution in [3.05, 3.63) is 181 Å². The summed E-state index contributed by atoms with van der Waals surface area (Å²) >= 11 is 0. The third kappa shape index (κ3) is 4.72. The lowest BCUT2D eigenvalue weighted by Crippen LogP contribution is -2.15. The molecule has 9 aromatic rings. The lowest BCUT2D eigenvalue weighted by Gasteiger charge is -2.21. The van der Waals surface area contributed by atoms with Gasteiger partial charge in [-0.1, -0.05) is 159 Å². The van der Waals surface area contributed by atoms with Crippen molar-refractivity contribution in [1.29, 1.82) is 0 Å². The van der Waals surface area contributed by atoms with Crippen LogP contribution in [0.4, 0.5) is 0 Å². The molecule has 0 atom stereocenters. The van der Waals surface area contributed by atoms with Crippen molar-refractivity contribution >= 4 is 21.8 Å². The second-order valence-electron chi connectivity index (χ2n) is 14.1. The lowest BCUT2D eigenvalue weighted by molar-refractivity contribution is 0.660. The highest BCUT2D eigenvalue weighted by Gasteiger charge is 2.35. The maximum Gasteiger partial charge on any atom is 0.164 e. The van der Waals surface area contributed by atoms with E-state index in [-0.39, 0.29) is 5.41 Å². The quantitative estimate of drug-likeness (QED) is 0.184. The van der Waals surface area contributed by atoms with Gasteiger partial charge in [-0.2, -0.15) is 0 Å². The van der Waals surface area contributed by atoms with Crippen LogP contribution in [-0.2, 0) is 5.41 Å². The fourth-order valence-electron chi connectivity index (χ4n) is 8.09. The van der Waals surface area contributed by atoms with Gasteiger partial charge >= 0.3 is 0 Å². The van der Waals surface area contributed by atoms with Crippen molar-refractivity contribution in [3.63, 3.8) is 0 Å².